The minimum atomic E-state index is -0.321. The SMILES string of the molecule is CCOC(=O)c1ccc(-c2ccc(N3CCN(CC(=O)N4CCN(C5CCC5)CC4)CC3)nn2)cc1. The number of ether oxygens (including phenoxy) is 1. The number of esters is 1. The zero-order valence-corrected chi connectivity index (χ0v) is 21.1. The van der Waals surface area contributed by atoms with Gasteiger partial charge >= 0.3 is 5.97 Å². The molecular weight excluding hydrogens is 456 g/mol. The van der Waals surface area contributed by atoms with Crippen molar-refractivity contribution < 1.29 is 14.3 Å². The molecule has 192 valence electrons. The van der Waals surface area contributed by atoms with Gasteiger partial charge in [0.25, 0.3) is 0 Å². The van der Waals surface area contributed by atoms with E-state index >= 15 is 0 Å². The minimum absolute atomic E-state index is 0.259. The summed E-state index contributed by atoms with van der Waals surface area (Å²) in [5.74, 6) is 0.785. The smallest absolute Gasteiger partial charge is 0.338 e. The molecule has 2 aromatic rings. The van der Waals surface area contributed by atoms with Crippen LogP contribution in [0, 0.1) is 0 Å². The van der Waals surface area contributed by atoms with Gasteiger partial charge in [-0.1, -0.05) is 18.6 Å². The second-order valence-electron chi connectivity index (χ2n) is 9.84. The molecule has 2 aliphatic heterocycles. The minimum Gasteiger partial charge on any atom is -0.462 e. The Hall–Kier alpha value is -3.04. The highest BCUT2D eigenvalue weighted by molar-refractivity contribution is 5.90. The van der Waals surface area contributed by atoms with Gasteiger partial charge < -0.3 is 14.5 Å². The topological polar surface area (TPSA) is 82.1 Å². The molecule has 2 saturated heterocycles. The van der Waals surface area contributed by atoms with E-state index in [4.69, 9.17) is 4.74 Å². The fourth-order valence-corrected chi connectivity index (χ4v) is 5.15. The van der Waals surface area contributed by atoms with Crippen molar-refractivity contribution in [3.05, 3.63) is 42.0 Å². The van der Waals surface area contributed by atoms with Crippen molar-refractivity contribution in [2.75, 3.05) is 70.4 Å². The number of carbonyl (C=O) groups is 2. The second-order valence-corrected chi connectivity index (χ2v) is 9.84. The molecule has 1 aromatic carbocycles. The van der Waals surface area contributed by atoms with Crippen LogP contribution in [0.25, 0.3) is 11.3 Å². The highest BCUT2D eigenvalue weighted by Crippen LogP contribution is 2.25. The van der Waals surface area contributed by atoms with Crippen LogP contribution in [0.5, 0.6) is 0 Å². The summed E-state index contributed by atoms with van der Waals surface area (Å²) in [6, 6.07) is 11.9. The first-order valence-corrected chi connectivity index (χ1v) is 13.2. The Labute approximate surface area is 213 Å². The first-order valence-electron chi connectivity index (χ1n) is 13.2. The van der Waals surface area contributed by atoms with Crippen molar-refractivity contribution in [3.8, 4) is 11.3 Å². The van der Waals surface area contributed by atoms with Crippen LogP contribution in [-0.4, -0.2) is 108 Å². The largest absolute Gasteiger partial charge is 0.462 e. The first kappa shape index (κ1) is 24.6. The molecule has 0 bridgehead atoms. The lowest BCUT2D eigenvalue weighted by Gasteiger charge is -2.43. The van der Waals surface area contributed by atoms with E-state index in [0.717, 1.165) is 75.5 Å². The van der Waals surface area contributed by atoms with E-state index < -0.39 is 0 Å². The maximum absolute atomic E-state index is 12.8. The quantitative estimate of drug-likeness (QED) is 0.544. The summed E-state index contributed by atoms with van der Waals surface area (Å²) in [4.78, 5) is 33.8. The number of hydrogen-bond donors (Lipinski definition) is 0. The van der Waals surface area contributed by atoms with Gasteiger partial charge in [0, 0.05) is 64.0 Å². The number of benzene rings is 1. The van der Waals surface area contributed by atoms with Crippen molar-refractivity contribution in [1.82, 2.24) is 24.9 Å². The Bertz CT molecular complexity index is 1020. The molecule has 9 nitrogen and oxygen atoms in total. The summed E-state index contributed by atoms with van der Waals surface area (Å²) in [5.41, 5.74) is 2.19. The third kappa shape index (κ3) is 5.68. The standard InChI is InChI=1S/C27H36N6O3/c1-2-36-27(35)22-8-6-21(7-9-22)24-10-11-25(29-28-24)32-14-12-30(13-15-32)20-26(34)33-18-16-31(17-19-33)23-4-3-5-23/h6-11,23H,2-5,12-20H2,1H3. The molecule has 1 aliphatic carbocycles. The Morgan fingerprint density at radius 1 is 0.889 bits per heavy atom. The molecule has 3 fully saturated rings. The number of anilines is 1. The number of nitrogens with zero attached hydrogens (tertiary/aromatic N) is 6. The molecule has 0 atom stereocenters. The van der Waals surface area contributed by atoms with Crippen LogP contribution in [0.4, 0.5) is 5.82 Å². The molecule has 0 radical (unpaired) electrons. The number of rotatable bonds is 7. The lowest BCUT2D eigenvalue weighted by atomic mass is 9.91. The van der Waals surface area contributed by atoms with E-state index in [-0.39, 0.29) is 11.9 Å². The van der Waals surface area contributed by atoms with Crippen LogP contribution in [0.15, 0.2) is 36.4 Å². The highest BCUT2D eigenvalue weighted by Gasteiger charge is 2.30. The fourth-order valence-electron chi connectivity index (χ4n) is 5.15. The summed E-state index contributed by atoms with van der Waals surface area (Å²) < 4.78 is 5.03. The fraction of sp³-hybridized carbons (Fsp3) is 0.556. The predicted octanol–water partition coefficient (Wildman–Crippen LogP) is 2.14. The predicted molar refractivity (Wildman–Crippen MR) is 138 cm³/mol. The summed E-state index contributed by atoms with van der Waals surface area (Å²) >= 11 is 0. The molecule has 9 heteroatoms. The molecule has 0 spiro atoms. The normalized spacial score (nSPS) is 19.7. The van der Waals surface area contributed by atoms with Gasteiger partial charge in [-0.15, -0.1) is 10.2 Å². The van der Waals surface area contributed by atoms with E-state index in [1.807, 2.05) is 29.2 Å². The van der Waals surface area contributed by atoms with Crippen molar-refractivity contribution in [2.45, 2.75) is 32.2 Å². The zero-order chi connectivity index (χ0) is 24.9. The maximum Gasteiger partial charge on any atom is 0.338 e. The summed E-state index contributed by atoms with van der Waals surface area (Å²) in [6.07, 6.45) is 4.02. The lowest BCUT2D eigenvalue weighted by Crippen LogP contribution is -2.56. The average Bonchev–Trinajstić information content (AvgIpc) is 2.89. The third-order valence-electron chi connectivity index (χ3n) is 7.66. The van der Waals surface area contributed by atoms with Crippen LogP contribution in [-0.2, 0) is 9.53 Å². The van der Waals surface area contributed by atoms with Crippen molar-refractivity contribution >= 4 is 17.7 Å². The van der Waals surface area contributed by atoms with Crippen LogP contribution in [0.1, 0.15) is 36.5 Å². The van der Waals surface area contributed by atoms with E-state index in [2.05, 4.69) is 24.9 Å². The molecule has 0 N–H and O–H groups in total. The number of aromatic nitrogens is 2. The number of carbonyl (C=O) groups excluding carboxylic acids is 2. The van der Waals surface area contributed by atoms with Gasteiger partial charge in [-0.25, -0.2) is 4.79 Å². The van der Waals surface area contributed by atoms with Gasteiger partial charge in [-0.05, 0) is 44.0 Å². The Kier molecular flexibility index (Phi) is 7.77. The van der Waals surface area contributed by atoms with Crippen LogP contribution in [0.2, 0.25) is 0 Å². The Morgan fingerprint density at radius 2 is 1.61 bits per heavy atom. The second kappa shape index (κ2) is 11.3. The van der Waals surface area contributed by atoms with Gasteiger partial charge in [0.2, 0.25) is 5.91 Å². The first-order chi connectivity index (χ1) is 17.6. The molecule has 3 aliphatic rings. The molecule has 5 rings (SSSR count). The van der Waals surface area contributed by atoms with Crippen LogP contribution in [0.3, 0.4) is 0 Å². The molecule has 0 unspecified atom stereocenters. The van der Waals surface area contributed by atoms with Crippen LogP contribution >= 0.6 is 0 Å². The van der Waals surface area contributed by atoms with E-state index in [0.29, 0.717) is 18.7 Å². The maximum atomic E-state index is 12.8. The van der Waals surface area contributed by atoms with Gasteiger partial charge in [-0.3, -0.25) is 14.6 Å². The summed E-state index contributed by atoms with van der Waals surface area (Å²) in [6.45, 7) is 9.75. The van der Waals surface area contributed by atoms with Crippen LogP contribution < -0.4 is 4.90 Å². The average molecular weight is 493 g/mol. The third-order valence-corrected chi connectivity index (χ3v) is 7.66. The molecule has 3 heterocycles. The van der Waals surface area contributed by atoms with Crippen molar-refractivity contribution in [3.63, 3.8) is 0 Å². The highest BCUT2D eigenvalue weighted by atomic mass is 16.5. The van der Waals surface area contributed by atoms with E-state index in [1.54, 1.807) is 19.1 Å². The molecule has 1 aromatic heterocycles. The van der Waals surface area contributed by atoms with Gasteiger partial charge in [0.05, 0.1) is 24.4 Å². The van der Waals surface area contributed by atoms with Crippen molar-refractivity contribution in [1.29, 1.82) is 0 Å². The zero-order valence-electron chi connectivity index (χ0n) is 21.1. The molecule has 36 heavy (non-hydrogen) atoms. The number of piperazine rings is 2. The van der Waals surface area contributed by atoms with E-state index in [9.17, 15) is 9.59 Å². The number of hydrogen-bond acceptors (Lipinski definition) is 8. The van der Waals surface area contributed by atoms with Gasteiger partial charge in [-0.2, -0.15) is 0 Å². The Morgan fingerprint density at radius 3 is 2.19 bits per heavy atom. The lowest BCUT2D eigenvalue weighted by molar-refractivity contribution is -0.134. The Balaban J connectivity index is 1.08. The summed E-state index contributed by atoms with van der Waals surface area (Å²) in [5, 5.41) is 8.85. The molecule has 1 saturated carbocycles. The van der Waals surface area contributed by atoms with E-state index in [1.165, 1.54) is 19.3 Å². The molecular formula is C27H36N6O3. The monoisotopic (exact) mass is 492 g/mol. The van der Waals surface area contributed by atoms with Crippen molar-refractivity contribution in [2.24, 2.45) is 0 Å². The number of amides is 1. The molecule has 1 amide bonds. The summed E-state index contributed by atoms with van der Waals surface area (Å²) in [7, 11) is 0. The van der Waals surface area contributed by atoms with Gasteiger partial charge in [0.15, 0.2) is 5.82 Å². The van der Waals surface area contributed by atoms with Gasteiger partial charge in [0.1, 0.15) is 0 Å².